The SMILES string of the molecule is CC(Cc1cccc(F)c1)NCC(C)N(C)C1CC1. The van der Waals surface area contributed by atoms with Gasteiger partial charge in [0.2, 0.25) is 0 Å². The molecular weight excluding hydrogens is 239 g/mol. The molecule has 0 amide bonds. The number of benzene rings is 1. The first-order valence-electron chi connectivity index (χ1n) is 7.26. The topological polar surface area (TPSA) is 15.3 Å². The molecule has 106 valence electrons. The van der Waals surface area contributed by atoms with Gasteiger partial charge in [-0.15, -0.1) is 0 Å². The Kier molecular flexibility index (Phi) is 4.94. The predicted molar refractivity (Wildman–Crippen MR) is 77.8 cm³/mol. The maximum absolute atomic E-state index is 13.1. The molecule has 2 nitrogen and oxygen atoms in total. The van der Waals surface area contributed by atoms with Crippen LogP contribution in [-0.2, 0) is 6.42 Å². The molecule has 1 fully saturated rings. The summed E-state index contributed by atoms with van der Waals surface area (Å²) in [7, 11) is 2.21. The van der Waals surface area contributed by atoms with Gasteiger partial charge in [0, 0.05) is 24.7 Å². The third-order valence-corrected chi connectivity index (χ3v) is 4.01. The van der Waals surface area contributed by atoms with Gasteiger partial charge in [0.1, 0.15) is 5.82 Å². The minimum Gasteiger partial charge on any atom is -0.312 e. The Hall–Kier alpha value is -0.930. The summed E-state index contributed by atoms with van der Waals surface area (Å²) in [5.41, 5.74) is 1.06. The number of nitrogens with one attached hydrogen (secondary N) is 1. The first-order valence-corrected chi connectivity index (χ1v) is 7.26. The van der Waals surface area contributed by atoms with Crippen LogP contribution in [0.2, 0.25) is 0 Å². The Labute approximate surface area is 116 Å². The average Bonchev–Trinajstić information content (AvgIpc) is 3.19. The molecule has 1 aromatic rings. The molecule has 0 heterocycles. The normalized spacial score (nSPS) is 18.6. The molecule has 3 heteroatoms. The molecule has 1 saturated carbocycles. The minimum absolute atomic E-state index is 0.147. The van der Waals surface area contributed by atoms with E-state index in [-0.39, 0.29) is 5.82 Å². The van der Waals surface area contributed by atoms with Crippen LogP contribution in [0.1, 0.15) is 32.3 Å². The molecule has 0 spiro atoms. The Morgan fingerprint density at radius 3 is 2.74 bits per heavy atom. The fourth-order valence-electron chi connectivity index (χ4n) is 2.45. The Balaban J connectivity index is 1.73. The average molecular weight is 264 g/mol. The highest BCUT2D eigenvalue weighted by Crippen LogP contribution is 2.26. The lowest BCUT2D eigenvalue weighted by Gasteiger charge is -2.26. The van der Waals surface area contributed by atoms with Gasteiger partial charge in [0.05, 0.1) is 0 Å². The summed E-state index contributed by atoms with van der Waals surface area (Å²) < 4.78 is 13.1. The zero-order valence-electron chi connectivity index (χ0n) is 12.2. The highest BCUT2D eigenvalue weighted by Gasteiger charge is 2.28. The van der Waals surface area contributed by atoms with Crippen molar-refractivity contribution in [1.29, 1.82) is 0 Å². The van der Waals surface area contributed by atoms with Crippen LogP contribution in [0, 0.1) is 5.82 Å². The number of hydrogen-bond acceptors (Lipinski definition) is 2. The Morgan fingerprint density at radius 2 is 2.11 bits per heavy atom. The van der Waals surface area contributed by atoms with Crippen LogP contribution in [0.5, 0.6) is 0 Å². The van der Waals surface area contributed by atoms with Crippen LogP contribution < -0.4 is 5.32 Å². The van der Waals surface area contributed by atoms with Gasteiger partial charge in [-0.1, -0.05) is 12.1 Å². The van der Waals surface area contributed by atoms with Crippen molar-refractivity contribution in [2.45, 2.75) is 51.2 Å². The highest BCUT2D eigenvalue weighted by atomic mass is 19.1. The number of rotatable bonds is 7. The first-order chi connectivity index (χ1) is 9.06. The van der Waals surface area contributed by atoms with Crippen LogP contribution in [0.4, 0.5) is 4.39 Å². The summed E-state index contributed by atoms with van der Waals surface area (Å²) in [4.78, 5) is 2.46. The summed E-state index contributed by atoms with van der Waals surface area (Å²) in [6.45, 7) is 5.42. The predicted octanol–water partition coefficient (Wildman–Crippen LogP) is 2.83. The second-order valence-electron chi connectivity index (χ2n) is 5.89. The lowest BCUT2D eigenvalue weighted by Crippen LogP contribution is -2.42. The van der Waals surface area contributed by atoms with Crippen molar-refractivity contribution in [2.24, 2.45) is 0 Å². The van der Waals surface area contributed by atoms with Gasteiger partial charge in [0.15, 0.2) is 0 Å². The van der Waals surface area contributed by atoms with E-state index in [1.807, 2.05) is 6.07 Å². The molecule has 2 atom stereocenters. The number of hydrogen-bond donors (Lipinski definition) is 1. The van der Waals surface area contributed by atoms with E-state index in [1.54, 1.807) is 12.1 Å². The minimum atomic E-state index is -0.147. The van der Waals surface area contributed by atoms with Gasteiger partial charge in [-0.25, -0.2) is 4.39 Å². The van der Waals surface area contributed by atoms with Gasteiger partial charge >= 0.3 is 0 Å². The third-order valence-electron chi connectivity index (χ3n) is 4.01. The van der Waals surface area contributed by atoms with Gasteiger partial charge in [-0.2, -0.15) is 0 Å². The maximum atomic E-state index is 13.1. The molecule has 0 radical (unpaired) electrons. The molecule has 1 N–H and O–H groups in total. The van der Waals surface area contributed by atoms with Crippen molar-refractivity contribution < 1.29 is 4.39 Å². The van der Waals surface area contributed by atoms with E-state index in [9.17, 15) is 4.39 Å². The summed E-state index contributed by atoms with van der Waals surface area (Å²) in [6.07, 6.45) is 3.57. The van der Waals surface area contributed by atoms with E-state index >= 15 is 0 Å². The van der Waals surface area contributed by atoms with Gasteiger partial charge < -0.3 is 5.32 Å². The Morgan fingerprint density at radius 1 is 1.37 bits per heavy atom. The summed E-state index contributed by atoms with van der Waals surface area (Å²) in [5.74, 6) is -0.147. The van der Waals surface area contributed by atoms with Crippen LogP contribution in [0.25, 0.3) is 0 Å². The van der Waals surface area contributed by atoms with Gasteiger partial charge in [-0.05, 0) is 57.9 Å². The lowest BCUT2D eigenvalue weighted by molar-refractivity contribution is 0.236. The van der Waals surface area contributed by atoms with Crippen LogP contribution in [-0.4, -0.2) is 36.6 Å². The van der Waals surface area contributed by atoms with Crippen LogP contribution in [0.3, 0.4) is 0 Å². The summed E-state index contributed by atoms with van der Waals surface area (Å²) in [6, 6.07) is 8.61. The largest absolute Gasteiger partial charge is 0.312 e. The van der Waals surface area contributed by atoms with Crippen molar-refractivity contribution in [3.63, 3.8) is 0 Å². The first kappa shape index (κ1) is 14.5. The molecule has 1 aliphatic rings. The second-order valence-corrected chi connectivity index (χ2v) is 5.89. The van der Waals surface area contributed by atoms with Crippen LogP contribution in [0.15, 0.2) is 24.3 Å². The van der Waals surface area contributed by atoms with Crippen molar-refractivity contribution in [1.82, 2.24) is 10.2 Å². The number of nitrogens with zero attached hydrogens (tertiary/aromatic N) is 1. The second kappa shape index (κ2) is 6.49. The zero-order valence-corrected chi connectivity index (χ0v) is 12.2. The third kappa shape index (κ3) is 4.59. The van der Waals surface area contributed by atoms with Crippen molar-refractivity contribution in [3.05, 3.63) is 35.6 Å². The van der Waals surface area contributed by atoms with Crippen LogP contribution >= 0.6 is 0 Å². The van der Waals surface area contributed by atoms with E-state index in [0.717, 1.165) is 24.6 Å². The smallest absolute Gasteiger partial charge is 0.123 e. The quantitative estimate of drug-likeness (QED) is 0.814. The molecule has 2 rings (SSSR count). The molecular formula is C16H25FN2. The van der Waals surface area contributed by atoms with Gasteiger partial charge in [0.25, 0.3) is 0 Å². The number of likely N-dealkylation sites (N-methyl/N-ethyl adjacent to an activating group) is 1. The molecule has 1 aromatic carbocycles. The van der Waals surface area contributed by atoms with E-state index < -0.39 is 0 Å². The number of halogens is 1. The van der Waals surface area contributed by atoms with E-state index in [4.69, 9.17) is 0 Å². The standard InChI is InChI=1S/C16H25FN2/c1-12(9-14-5-4-6-15(17)10-14)18-11-13(2)19(3)16-7-8-16/h4-6,10,12-13,16,18H,7-9,11H2,1-3H3. The molecule has 0 aliphatic heterocycles. The lowest BCUT2D eigenvalue weighted by atomic mass is 10.1. The molecule has 0 saturated heterocycles. The fraction of sp³-hybridized carbons (Fsp3) is 0.625. The fourth-order valence-corrected chi connectivity index (χ4v) is 2.45. The van der Waals surface area contributed by atoms with E-state index in [2.05, 4.69) is 31.1 Å². The molecule has 19 heavy (non-hydrogen) atoms. The molecule has 0 aromatic heterocycles. The molecule has 2 unspecified atom stereocenters. The monoisotopic (exact) mass is 264 g/mol. The highest BCUT2D eigenvalue weighted by molar-refractivity contribution is 5.17. The van der Waals surface area contributed by atoms with Crippen molar-refractivity contribution in [2.75, 3.05) is 13.6 Å². The van der Waals surface area contributed by atoms with Crippen molar-refractivity contribution >= 4 is 0 Å². The van der Waals surface area contributed by atoms with E-state index in [1.165, 1.54) is 18.9 Å². The Bertz CT molecular complexity index is 403. The summed E-state index contributed by atoms with van der Waals surface area (Å²) >= 11 is 0. The molecule has 1 aliphatic carbocycles. The zero-order chi connectivity index (χ0) is 13.8. The molecule has 0 bridgehead atoms. The summed E-state index contributed by atoms with van der Waals surface area (Å²) in [5, 5.41) is 3.55. The van der Waals surface area contributed by atoms with E-state index in [0.29, 0.717) is 12.1 Å². The van der Waals surface area contributed by atoms with Gasteiger partial charge in [-0.3, -0.25) is 4.90 Å². The van der Waals surface area contributed by atoms with Crippen molar-refractivity contribution in [3.8, 4) is 0 Å². The maximum Gasteiger partial charge on any atom is 0.123 e.